The van der Waals surface area contributed by atoms with Crippen LogP contribution in [0.2, 0.25) is 0 Å². The molecule has 6 heteroatoms. The molecule has 0 spiro atoms. The first-order chi connectivity index (χ1) is 12.1. The topological polar surface area (TPSA) is 70.6 Å². The molecule has 2 aromatic carbocycles. The number of nitrogens with one attached hydrogen (secondary N) is 2. The number of anilines is 2. The number of benzene rings is 2. The molecule has 1 saturated carbocycles. The number of rotatable bonds is 4. The molecular formula is C19H19FN2O3. The Kier molecular flexibility index (Phi) is 4.05. The van der Waals surface area contributed by atoms with E-state index >= 15 is 0 Å². The van der Waals surface area contributed by atoms with Gasteiger partial charge >= 0.3 is 0 Å². The molecule has 0 bridgehead atoms. The SMILES string of the molecule is O=C(Nc1ccc2c(c1)OC[C@@H](CO)N2)c1ccc(C2CC2)cc1F. The van der Waals surface area contributed by atoms with E-state index in [0.29, 0.717) is 24.0 Å². The zero-order valence-electron chi connectivity index (χ0n) is 13.6. The molecule has 130 valence electrons. The largest absolute Gasteiger partial charge is 0.489 e. The molecule has 5 nitrogen and oxygen atoms in total. The molecule has 1 aliphatic carbocycles. The summed E-state index contributed by atoms with van der Waals surface area (Å²) < 4.78 is 19.8. The minimum absolute atomic E-state index is 0.0198. The monoisotopic (exact) mass is 342 g/mol. The summed E-state index contributed by atoms with van der Waals surface area (Å²) in [5.74, 6) is 0.0482. The van der Waals surface area contributed by atoms with Gasteiger partial charge in [0.1, 0.15) is 18.2 Å². The lowest BCUT2D eigenvalue weighted by Crippen LogP contribution is -2.34. The van der Waals surface area contributed by atoms with Gasteiger partial charge in [0, 0.05) is 11.8 Å². The van der Waals surface area contributed by atoms with Crippen molar-refractivity contribution in [1.29, 1.82) is 0 Å². The van der Waals surface area contributed by atoms with E-state index < -0.39 is 11.7 Å². The van der Waals surface area contributed by atoms with Crippen LogP contribution in [-0.4, -0.2) is 30.3 Å². The number of aliphatic hydroxyl groups excluding tert-OH is 1. The van der Waals surface area contributed by atoms with Crippen LogP contribution in [0, 0.1) is 5.82 Å². The average molecular weight is 342 g/mol. The first kappa shape index (κ1) is 15.9. The predicted molar refractivity (Wildman–Crippen MR) is 92.8 cm³/mol. The van der Waals surface area contributed by atoms with Crippen molar-refractivity contribution in [3.8, 4) is 5.75 Å². The summed E-state index contributed by atoms with van der Waals surface area (Å²) in [6.45, 7) is 0.326. The van der Waals surface area contributed by atoms with Crippen LogP contribution in [0.25, 0.3) is 0 Å². The second-order valence-corrected chi connectivity index (χ2v) is 6.51. The molecular weight excluding hydrogens is 323 g/mol. The smallest absolute Gasteiger partial charge is 0.258 e. The Morgan fingerprint density at radius 3 is 2.84 bits per heavy atom. The van der Waals surface area contributed by atoms with Crippen molar-refractivity contribution in [3.63, 3.8) is 0 Å². The summed E-state index contributed by atoms with van der Waals surface area (Å²) in [6, 6.07) is 9.84. The third-order valence-electron chi connectivity index (χ3n) is 4.55. The highest BCUT2D eigenvalue weighted by Gasteiger charge is 2.25. The van der Waals surface area contributed by atoms with Crippen molar-refractivity contribution in [2.75, 3.05) is 23.8 Å². The molecule has 2 aliphatic rings. The Hall–Kier alpha value is -2.60. The van der Waals surface area contributed by atoms with E-state index in [9.17, 15) is 9.18 Å². The number of halogens is 1. The second-order valence-electron chi connectivity index (χ2n) is 6.51. The number of aliphatic hydroxyl groups is 1. The zero-order chi connectivity index (χ0) is 17.4. The van der Waals surface area contributed by atoms with Gasteiger partial charge in [-0.25, -0.2) is 4.39 Å². The molecule has 4 rings (SSSR count). The maximum absolute atomic E-state index is 14.2. The molecule has 1 atom stereocenters. The van der Waals surface area contributed by atoms with Crippen LogP contribution in [0.1, 0.15) is 34.7 Å². The molecule has 1 heterocycles. The maximum Gasteiger partial charge on any atom is 0.258 e. The summed E-state index contributed by atoms with van der Waals surface area (Å²) in [5, 5.41) is 15.0. The molecule has 1 fully saturated rings. The van der Waals surface area contributed by atoms with Gasteiger partial charge in [-0.1, -0.05) is 6.07 Å². The van der Waals surface area contributed by atoms with Gasteiger partial charge in [-0.2, -0.15) is 0 Å². The first-order valence-corrected chi connectivity index (χ1v) is 8.39. The first-order valence-electron chi connectivity index (χ1n) is 8.39. The maximum atomic E-state index is 14.2. The van der Waals surface area contributed by atoms with Gasteiger partial charge in [-0.05, 0) is 48.6 Å². The minimum Gasteiger partial charge on any atom is -0.489 e. The molecule has 0 aromatic heterocycles. The summed E-state index contributed by atoms with van der Waals surface area (Å²) in [6.07, 6.45) is 2.18. The zero-order valence-corrected chi connectivity index (χ0v) is 13.6. The van der Waals surface area contributed by atoms with Crippen molar-refractivity contribution in [3.05, 3.63) is 53.3 Å². The lowest BCUT2D eigenvalue weighted by Gasteiger charge is -2.26. The van der Waals surface area contributed by atoms with Gasteiger partial charge in [-0.15, -0.1) is 0 Å². The molecule has 0 radical (unpaired) electrons. The Bertz CT molecular complexity index is 820. The Morgan fingerprint density at radius 2 is 2.12 bits per heavy atom. The van der Waals surface area contributed by atoms with E-state index in [1.165, 1.54) is 6.07 Å². The molecule has 3 N–H and O–H groups in total. The van der Waals surface area contributed by atoms with Crippen LogP contribution in [-0.2, 0) is 0 Å². The second kappa shape index (κ2) is 6.37. The number of carbonyl (C=O) groups is 1. The lowest BCUT2D eigenvalue weighted by molar-refractivity contribution is 0.102. The van der Waals surface area contributed by atoms with Gasteiger partial charge in [-0.3, -0.25) is 4.79 Å². The number of hydrogen-bond donors (Lipinski definition) is 3. The quantitative estimate of drug-likeness (QED) is 0.798. The molecule has 1 aliphatic heterocycles. The summed E-state index contributed by atoms with van der Waals surface area (Å²) in [5.41, 5.74) is 2.27. The van der Waals surface area contributed by atoms with E-state index in [4.69, 9.17) is 9.84 Å². The van der Waals surface area contributed by atoms with E-state index in [-0.39, 0.29) is 18.2 Å². The third-order valence-corrected chi connectivity index (χ3v) is 4.55. The predicted octanol–water partition coefficient (Wildman–Crippen LogP) is 3.12. The highest BCUT2D eigenvalue weighted by atomic mass is 19.1. The van der Waals surface area contributed by atoms with Crippen molar-refractivity contribution < 1.29 is 19.0 Å². The molecule has 2 aromatic rings. The average Bonchev–Trinajstić information content (AvgIpc) is 3.46. The van der Waals surface area contributed by atoms with Crippen molar-refractivity contribution in [2.45, 2.75) is 24.8 Å². The fraction of sp³-hybridized carbons (Fsp3) is 0.316. The molecule has 0 unspecified atom stereocenters. The lowest BCUT2D eigenvalue weighted by atomic mass is 10.1. The standard InChI is InChI=1S/C19H19FN2O3/c20-16-7-12(11-1-2-11)3-5-15(16)19(24)22-13-4-6-17-18(8-13)25-10-14(9-23)21-17/h3-8,11,14,21,23H,1-2,9-10H2,(H,22,24)/t14-/m1/s1. The fourth-order valence-corrected chi connectivity index (χ4v) is 2.97. The van der Waals surface area contributed by atoms with Gasteiger partial charge in [0.05, 0.1) is 23.9 Å². The molecule has 25 heavy (non-hydrogen) atoms. The van der Waals surface area contributed by atoms with Crippen LogP contribution >= 0.6 is 0 Å². The Labute approximate surface area is 144 Å². The molecule has 0 saturated heterocycles. The van der Waals surface area contributed by atoms with Crippen LogP contribution in [0.4, 0.5) is 15.8 Å². The van der Waals surface area contributed by atoms with Gasteiger partial charge < -0.3 is 20.5 Å². The van der Waals surface area contributed by atoms with Crippen molar-refractivity contribution in [1.82, 2.24) is 0 Å². The Balaban J connectivity index is 1.49. The number of fused-ring (bicyclic) bond motifs is 1. The van der Waals surface area contributed by atoms with E-state index in [1.54, 1.807) is 24.3 Å². The van der Waals surface area contributed by atoms with Gasteiger partial charge in [0.2, 0.25) is 0 Å². The van der Waals surface area contributed by atoms with Crippen LogP contribution in [0.15, 0.2) is 36.4 Å². The number of hydrogen-bond acceptors (Lipinski definition) is 4. The van der Waals surface area contributed by atoms with E-state index in [0.717, 1.165) is 24.1 Å². The summed E-state index contributed by atoms with van der Waals surface area (Å²) in [7, 11) is 0. The minimum atomic E-state index is -0.497. The summed E-state index contributed by atoms with van der Waals surface area (Å²) >= 11 is 0. The van der Waals surface area contributed by atoms with E-state index in [2.05, 4.69) is 10.6 Å². The highest BCUT2D eigenvalue weighted by molar-refractivity contribution is 6.04. The van der Waals surface area contributed by atoms with Crippen molar-refractivity contribution >= 4 is 17.3 Å². The van der Waals surface area contributed by atoms with Crippen LogP contribution in [0.5, 0.6) is 5.75 Å². The van der Waals surface area contributed by atoms with Gasteiger partial charge in [0.15, 0.2) is 0 Å². The van der Waals surface area contributed by atoms with Crippen LogP contribution < -0.4 is 15.4 Å². The van der Waals surface area contributed by atoms with Gasteiger partial charge in [0.25, 0.3) is 5.91 Å². The summed E-state index contributed by atoms with van der Waals surface area (Å²) in [4.78, 5) is 12.4. The van der Waals surface area contributed by atoms with E-state index in [1.807, 2.05) is 6.07 Å². The number of ether oxygens (including phenoxy) is 1. The Morgan fingerprint density at radius 1 is 1.28 bits per heavy atom. The highest BCUT2D eigenvalue weighted by Crippen LogP contribution is 2.40. The normalized spacial score (nSPS) is 18.7. The molecule has 1 amide bonds. The third kappa shape index (κ3) is 3.30. The number of amides is 1. The fourth-order valence-electron chi connectivity index (χ4n) is 2.97. The van der Waals surface area contributed by atoms with Crippen LogP contribution in [0.3, 0.4) is 0 Å². The van der Waals surface area contributed by atoms with Crippen molar-refractivity contribution in [2.24, 2.45) is 0 Å². The number of carbonyl (C=O) groups excluding carboxylic acids is 1.